The average molecular weight is 395 g/mol. The lowest BCUT2D eigenvalue weighted by molar-refractivity contribution is -0.115. The molecule has 0 radical (unpaired) electrons. The van der Waals surface area contributed by atoms with Gasteiger partial charge in [-0.25, -0.2) is 0 Å². The predicted octanol–water partition coefficient (Wildman–Crippen LogP) is 2.75. The van der Waals surface area contributed by atoms with E-state index in [1.807, 2.05) is 62.4 Å². The molecule has 3 N–H and O–H groups in total. The summed E-state index contributed by atoms with van der Waals surface area (Å²) in [5, 5.41) is 10.3. The van der Waals surface area contributed by atoms with Gasteiger partial charge < -0.3 is 11.2 Å². The van der Waals surface area contributed by atoms with E-state index >= 15 is 0 Å². The predicted molar refractivity (Wildman–Crippen MR) is 111 cm³/mol. The van der Waals surface area contributed by atoms with Gasteiger partial charge in [-0.05, 0) is 49.6 Å². The number of hydrogen-bond acceptors (Lipinski definition) is 6. The van der Waals surface area contributed by atoms with Gasteiger partial charge in [0.1, 0.15) is 10.9 Å². The van der Waals surface area contributed by atoms with Crippen molar-refractivity contribution in [1.29, 1.82) is 0 Å². The summed E-state index contributed by atoms with van der Waals surface area (Å²) in [5.41, 5.74) is 3.34. The van der Waals surface area contributed by atoms with Gasteiger partial charge >= 0.3 is 0 Å². The minimum atomic E-state index is -0.659. The van der Waals surface area contributed by atoms with Crippen LogP contribution in [-0.4, -0.2) is 20.8 Å². The van der Waals surface area contributed by atoms with Crippen LogP contribution in [0.1, 0.15) is 27.6 Å². The van der Waals surface area contributed by atoms with Crippen molar-refractivity contribution in [2.45, 2.75) is 31.2 Å². The number of amides is 1. The zero-order valence-corrected chi connectivity index (χ0v) is 16.7. The quantitative estimate of drug-likeness (QED) is 0.509. The van der Waals surface area contributed by atoms with Crippen molar-refractivity contribution in [3.05, 3.63) is 81.3 Å². The molecule has 1 heterocycles. The summed E-state index contributed by atoms with van der Waals surface area (Å²) in [7, 11) is 0. The summed E-state index contributed by atoms with van der Waals surface area (Å²) < 4.78 is 0.924. The number of anilines is 1. The van der Waals surface area contributed by atoms with Crippen molar-refractivity contribution in [3.8, 4) is 0 Å². The van der Waals surface area contributed by atoms with Crippen LogP contribution in [0.15, 0.2) is 58.5 Å². The number of carbonyl (C=O) groups excluding carboxylic acids is 1. The molecule has 0 aliphatic carbocycles. The third-order valence-electron chi connectivity index (χ3n) is 4.07. The zero-order chi connectivity index (χ0) is 20.3. The first kappa shape index (κ1) is 19.6. The van der Waals surface area contributed by atoms with Gasteiger partial charge in [0, 0.05) is 5.69 Å². The van der Waals surface area contributed by atoms with Crippen molar-refractivity contribution >= 4 is 23.4 Å². The van der Waals surface area contributed by atoms with Crippen LogP contribution in [0.3, 0.4) is 0 Å². The molecule has 0 unspecified atom stereocenters. The van der Waals surface area contributed by atoms with Crippen LogP contribution in [0.5, 0.6) is 0 Å². The molecular weight excluding hydrogens is 374 g/mol. The molecule has 1 atom stereocenters. The van der Waals surface area contributed by atoms with Gasteiger partial charge in [0.15, 0.2) is 0 Å². The highest BCUT2D eigenvalue weighted by molar-refractivity contribution is 8.00. The zero-order valence-electron chi connectivity index (χ0n) is 15.8. The molecule has 0 aliphatic rings. The Labute approximate surface area is 167 Å². The van der Waals surface area contributed by atoms with E-state index < -0.39 is 10.8 Å². The largest absolute Gasteiger partial charge is 0.334 e. The average Bonchev–Trinajstić information content (AvgIpc) is 2.65. The number of nitrogens with zero attached hydrogens (tertiary/aromatic N) is 3. The van der Waals surface area contributed by atoms with Crippen molar-refractivity contribution in [3.63, 3.8) is 0 Å². The van der Waals surface area contributed by atoms with Gasteiger partial charge in [-0.3, -0.25) is 9.59 Å². The van der Waals surface area contributed by atoms with E-state index in [0.29, 0.717) is 5.69 Å². The second-order valence-corrected chi connectivity index (χ2v) is 7.59. The lowest BCUT2D eigenvalue weighted by atomic mass is 10.1. The molecule has 7 nitrogen and oxygen atoms in total. The summed E-state index contributed by atoms with van der Waals surface area (Å²) in [6.45, 7) is 5.48. The molecule has 0 fully saturated rings. The second-order valence-electron chi connectivity index (χ2n) is 6.52. The van der Waals surface area contributed by atoms with Crippen molar-refractivity contribution < 1.29 is 4.79 Å². The molecule has 28 heavy (non-hydrogen) atoms. The molecule has 0 saturated heterocycles. The topological polar surface area (TPSA) is 103 Å². The first-order valence-corrected chi connectivity index (χ1v) is 9.55. The fourth-order valence-corrected chi connectivity index (χ4v) is 3.77. The number of nitrogen functional groups attached to an aromatic ring is 1. The Morgan fingerprint density at radius 1 is 1.07 bits per heavy atom. The van der Waals surface area contributed by atoms with E-state index in [4.69, 9.17) is 5.84 Å². The molecule has 1 aromatic heterocycles. The maximum Gasteiger partial charge on any atom is 0.294 e. The number of thioether (sulfide) groups is 1. The molecule has 1 amide bonds. The highest BCUT2D eigenvalue weighted by Crippen LogP contribution is 2.34. The molecule has 144 valence electrons. The van der Waals surface area contributed by atoms with Crippen molar-refractivity contribution in [1.82, 2.24) is 14.9 Å². The molecule has 3 aromatic rings. The van der Waals surface area contributed by atoms with Crippen LogP contribution < -0.4 is 16.7 Å². The number of hydrogen-bond donors (Lipinski definition) is 2. The van der Waals surface area contributed by atoms with Crippen LogP contribution in [0.2, 0.25) is 0 Å². The Morgan fingerprint density at radius 2 is 1.71 bits per heavy atom. The second kappa shape index (κ2) is 8.26. The molecule has 0 bridgehead atoms. The van der Waals surface area contributed by atoms with Gasteiger partial charge in [-0.1, -0.05) is 48.2 Å². The first-order valence-electron chi connectivity index (χ1n) is 8.67. The Hall–Kier alpha value is -3.13. The van der Waals surface area contributed by atoms with E-state index in [-0.39, 0.29) is 16.8 Å². The summed E-state index contributed by atoms with van der Waals surface area (Å²) in [5.74, 6) is 5.61. The van der Waals surface area contributed by atoms with Gasteiger partial charge in [-0.15, -0.1) is 10.2 Å². The Bertz CT molecular complexity index is 1050. The van der Waals surface area contributed by atoms with Crippen LogP contribution >= 0.6 is 11.8 Å². The van der Waals surface area contributed by atoms with Crippen LogP contribution in [0.25, 0.3) is 0 Å². The first-order chi connectivity index (χ1) is 13.3. The van der Waals surface area contributed by atoms with Crippen LogP contribution in [-0.2, 0) is 4.79 Å². The van der Waals surface area contributed by atoms with E-state index in [1.54, 1.807) is 0 Å². The Balaban J connectivity index is 1.95. The lowest BCUT2D eigenvalue weighted by Gasteiger charge is -2.18. The molecule has 0 saturated carbocycles. The van der Waals surface area contributed by atoms with E-state index in [2.05, 4.69) is 15.5 Å². The molecule has 0 spiro atoms. The Kier molecular flexibility index (Phi) is 5.79. The molecule has 3 rings (SSSR count). The summed E-state index contributed by atoms with van der Waals surface area (Å²) in [6, 6.07) is 15.1. The van der Waals surface area contributed by atoms with E-state index in [0.717, 1.165) is 33.1 Å². The molecule has 0 aliphatic heterocycles. The number of nitrogens with one attached hydrogen (secondary N) is 1. The van der Waals surface area contributed by atoms with Gasteiger partial charge in [0.2, 0.25) is 11.1 Å². The molecule has 2 aromatic carbocycles. The van der Waals surface area contributed by atoms with Crippen molar-refractivity contribution in [2.75, 3.05) is 11.2 Å². The van der Waals surface area contributed by atoms with E-state index in [9.17, 15) is 9.59 Å². The van der Waals surface area contributed by atoms with Crippen LogP contribution in [0, 0.1) is 20.8 Å². The normalized spacial score (nSPS) is 11.8. The SMILES string of the molecule is Cc1cc(C)cc(NC(=O)[C@@H](Sc2nnc(C)c(=O)n2N)c2ccccc2)c1. The number of aromatic nitrogens is 3. The standard InChI is InChI=1S/C20H21N5O2S/c1-12-9-13(2)11-16(10-12)22-18(26)17(15-7-5-4-6-8-15)28-20-24-23-14(3)19(27)25(20)21/h4-11,17H,21H2,1-3H3,(H,22,26)/t17-/m0/s1. The van der Waals surface area contributed by atoms with Gasteiger partial charge in [0.25, 0.3) is 5.56 Å². The molecule has 8 heteroatoms. The smallest absolute Gasteiger partial charge is 0.294 e. The fraction of sp³-hybridized carbons (Fsp3) is 0.200. The number of aryl methyl sites for hydroxylation is 3. The van der Waals surface area contributed by atoms with E-state index in [1.165, 1.54) is 6.92 Å². The van der Waals surface area contributed by atoms with Gasteiger partial charge in [-0.2, -0.15) is 4.68 Å². The minimum Gasteiger partial charge on any atom is -0.334 e. The molecular formula is C20H21N5O2S. The number of nitrogens with two attached hydrogens (primary N) is 1. The number of benzene rings is 2. The number of rotatable bonds is 5. The highest BCUT2D eigenvalue weighted by atomic mass is 32.2. The van der Waals surface area contributed by atoms with Crippen LogP contribution in [0.4, 0.5) is 5.69 Å². The summed E-state index contributed by atoms with van der Waals surface area (Å²) in [6.07, 6.45) is 0. The fourth-order valence-electron chi connectivity index (χ4n) is 2.81. The highest BCUT2D eigenvalue weighted by Gasteiger charge is 2.25. The Morgan fingerprint density at radius 3 is 2.36 bits per heavy atom. The maximum absolute atomic E-state index is 13.1. The van der Waals surface area contributed by atoms with Crippen molar-refractivity contribution in [2.24, 2.45) is 0 Å². The monoisotopic (exact) mass is 395 g/mol. The number of carbonyl (C=O) groups is 1. The summed E-state index contributed by atoms with van der Waals surface area (Å²) in [4.78, 5) is 25.2. The third-order valence-corrected chi connectivity index (χ3v) is 5.28. The minimum absolute atomic E-state index is 0.167. The van der Waals surface area contributed by atoms with Gasteiger partial charge in [0.05, 0.1) is 0 Å². The lowest BCUT2D eigenvalue weighted by Crippen LogP contribution is -2.33. The third kappa shape index (κ3) is 4.40. The maximum atomic E-state index is 13.1. The summed E-state index contributed by atoms with van der Waals surface area (Å²) >= 11 is 1.08.